The highest BCUT2D eigenvalue weighted by atomic mass is 16.2. The molecular weight excluding hydrogens is 356 g/mol. The average molecular weight is 382 g/mol. The SMILES string of the molecule is O=C1CCC(N2Cc3ccc(CNCC4CC5CCC4N5)cc3C2=O)C(=O)N1. The molecule has 1 aromatic rings. The largest absolute Gasteiger partial charge is 0.322 e. The monoisotopic (exact) mass is 382 g/mol. The van der Waals surface area contributed by atoms with Gasteiger partial charge in [0.2, 0.25) is 11.8 Å². The van der Waals surface area contributed by atoms with Crippen LogP contribution < -0.4 is 16.0 Å². The van der Waals surface area contributed by atoms with Crippen molar-refractivity contribution < 1.29 is 14.4 Å². The van der Waals surface area contributed by atoms with Crippen LogP contribution in [0.2, 0.25) is 0 Å². The third-order valence-electron chi connectivity index (χ3n) is 6.76. The molecule has 3 fully saturated rings. The van der Waals surface area contributed by atoms with Gasteiger partial charge in [0.05, 0.1) is 0 Å². The number of imide groups is 1. The molecule has 28 heavy (non-hydrogen) atoms. The van der Waals surface area contributed by atoms with E-state index in [1.807, 2.05) is 12.1 Å². The van der Waals surface area contributed by atoms with Gasteiger partial charge in [-0.05, 0) is 55.3 Å². The van der Waals surface area contributed by atoms with E-state index in [0.29, 0.717) is 36.5 Å². The molecule has 4 aliphatic rings. The van der Waals surface area contributed by atoms with Crippen molar-refractivity contribution in [2.75, 3.05) is 6.54 Å². The molecule has 7 heteroatoms. The first kappa shape index (κ1) is 17.8. The zero-order chi connectivity index (χ0) is 19.3. The molecule has 0 spiro atoms. The summed E-state index contributed by atoms with van der Waals surface area (Å²) in [6.07, 6.45) is 4.56. The number of amides is 3. The zero-order valence-electron chi connectivity index (χ0n) is 15.9. The Bertz CT molecular complexity index is 839. The maximum atomic E-state index is 12.9. The van der Waals surface area contributed by atoms with Gasteiger partial charge in [0.15, 0.2) is 0 Å². The van der Waals surface area contributed by atoms with Crippen LogP contribution in [0, 0.1) is 5.92 Å². The van der Waals surface area contributed by atoms with Crippen molar-refractivity contribution in [1.82, 2.24) is 20.9 Å². The minimum atomic E-state index is -0.551. The van der Waals surface area contributed by atoms with Gasteiger partial charge in [0, 0.05) is 37.2 Å². The molecule has 0 aliphatic carbocycles. The highest BCUT2D eigenvalue weighted by Crippen LogP contribution is 2.33. The summed E-state index contributed by atoms with van der Waals surface area (Å²) in [6, 6.07) is 6.84. The second kappa shape index (κ2) is 6.97. The first-order valence-electron chi connectivity index (χ1n) is 10.3. The summed E-state index contributed by atoms with van der Waals surface area (Å²) < 4.78 is 0. The van der Waals surface area contributed by atoms with Gasteiger partial charge in [-0.25, -0.2) is 0 Å². The standard InChI is InChI=1S/C21H26N4O3/c26-19-6-5-18(20(27)24-19)25-11-13-2-1-12(7-16(13)21(25)28)9-22-10-14-8-15-3-4-17(14)23-15/h1-2,7,14-15,17-18,22-23H,3-6,8-11H2,(H,24,26,27). The van der Waals surface area contributed by atoms with Crippen molar-refractivity contribution in [2.24, 2.45) is 5.92 Å². The van der Waals surface area contributed by atoms with Crippen LogP contribution in [0.4, 0.5) is 0 Å². The molecule has 1 aromatic carbocycles. The molecule has 7 nitrogen and oxygen atoms in total. The summed E-state index contributed by atoms with van der Waals surface area (Å²) in [5, 5.41) is 9.56. The van der Waals surface area contributed by atoms with Gasteiger partial charge in [-0.2, -0.15) is 0 Å². The minimum absolute atomic E-state index is 0.108. The zero-order valence-corrected chi connectivity index (χ0v) is 15.9. The van der Waals surface area contributed by atoms with Gasteiger partial charge in [-0.3, -0.25) is 19.7 Å². The van der Waals surface area contributed by atoms with Crippen molar-refractivity contribution in [3.8, 4) is 0 Å². The summed E-state index contributed by atoms with van der Waals surface area (Å²) >= 11 is 0. The molecule has 4 unspecified atom stereocenters. The molecule has 3 N–H and O–H groups in total. The van der Waals surface area contributed by atoms with E-state index >= 15 is 0 Å². The number of hydrogen-bond acceptors (Lipinski definition) is 5. The lowest BCUT2D eigenvalue weighted by Crippen LogP contribution is -2.52. The van der Waals surface area contributed by atoms with Crippen molar-refractivity contribution in [2.45, 2.75) is 63.3 Å². The van der Waals surface area contributed by atoms with Crippen LogP contribution in [0.15, 0.2) is 18.2 Å². The summed E-state index contributed by atoms with van der Waals surface area (Å²) in [7, 11) is 0. The van der Waals surface area contributed by atoms with Gasteiger partial charge in [-0.15, -0.1) is 0 Å². The van der Waals surface area contributed by atoms with E-state index in [0.717, 1.165) is 24.2 Å². The smallest absolute Gasteiger partial charge is 0.255 e. The Morgan fingerprint density at radius 1 is 1.14 bits per heavy atom. The topological polar surface area (TPSA) is 90.5 Å². The van der Waals surface area contributed by atoms with E-state index in [9.17, 15) is 14.4 Å². The second-order valence-electron chi connectivity index (χ2n) is 8.57. The van der Waals surface area contributed by atoms with Gasteiger partial charge >= 0.3 is 0 Å². The number of fused-ring (bicyclic) bond motifs is 3. The molecular formula is C21H26N4O3. The number of benzene rings is 1. The quantitative estimate of drug-likeness (QED) is 0.652. The van der Waals surface area contributed by atoms with Gasteiger partial charge in [-0.1, -0.05) is 12.1 Å². The van der Waals surface area contributed by atoms with Gasteiger partial charge < -0.3 is 15.5 Å². The van der Waals surface area contributed by atoms with Crippen molar-refractivity contribution in [3.63, 3.8) is 0 Å². The number of nitrogens with one attached hydrogen (secondary N) is 3. The molecule has 3 amide bonds. The highest BCUT2D eigenvalue weighted by Gasteiger charge is 2.40. The summed E-state index contributed by atoms with van der Waals surface area (Å²) in [6.45, 7) is 2.18. The Hall–Kier alpha value is -2.25. The maximum Gasteiger partial charge on any atom is 0.255 e. The van der Waals surface area contributed by atoms with E-state index in [4.69, 9.17) is 0 Å². The van der Waals surface area contributed by atoms with Crippen LogP contribution in [-0.2, 0) is 22.7 Å². The van der Waals surface area contributed by atoms with Crippen LogP contribution >= 0.6 is 0 Å². The molecule has 4 atom stereocenters. The Morgan fingerprint density at radius 3 is 2.79 bits per heavy atom. The Balaban J connectivity index is 1.21. The normalized spacial score (nSPS) is 31.4. The van der Waals surface area contributed by atoms with Crippen molar-refractivity contribution >= 4 is 17.7 Å². The first-order valence-corrected chi connectivity index (χ1v) is 10.3. The van der Waals surface area contributed by atoms with E-state index in [-0.39, 0.29) is 24.1 Å². The molecule has 4 heterocycles. The van der Waals surface area contributed by atoms with Crippen LogP contribution in [0.3, 0.4) is 0 Å². The number of hydrogen-bond donors (Lipinski definition) is 3. The van der Waals surface area contributed by atoms with Crippen LogP contribution in [0.1, 0.15) is 53.6 Å². The summed E-state index contributed by atoms with van der Waals surface area (Å²) in [5.74, 6) is -0.0234. The number of carbonyl (C=O) groups is 3. The van der Waals surface area contributed by atoms with Gasteiger partial charge in [0.25, 0.3) is 5.91 Å². The fraction of sp³-hybridized carbons (Fsp3) is 0.571. The fourth-order valence-corrected chi connectivity index (χ4v) is 5.28. The first-order chi connectivity index (χ1) is 13.6. The predicted molar refractivity (Wildman–Crippen MR) is 102 cm³/mol. The van der Waals surface area contributed by atoms with Crippen molar-refractivity contribution in [1.29, 1.82) is 0 Å². The van der Waals surface area contributed by atoms with Crippen molar-refractivity contribution in [3.05, 3.63) is 34.9 Å². The lowest BCUT2D eigenvalue weighted by atomic mass is 9.89. The average Bonchev–Trinajstić information content (AvgIpc) is 3.37. The number of piperidine rings is 1. The minimum Gasteiger partial charge on any atom is -0.322 e. The Morgan fingerprint density at radius 2 is 2.04 bits per heavy atom. The number of nitrogens with zero attached hydrogens (tertiary/aromatic N) is 1. The highest BCUT2D eigenvalue weighted by molar-refractivity contribution is 6.05. The number of carbonyl (C=O) groups excluding carboxylic acids is 3. The van der Waals surface area contributed by atoms with E-state index in [1.165, 1.54) is 19.3 Å². The lowest BCUT2D eigenvalue weighted by molar-refractivity contribution is -0.136. The second-order valence-corrected chi connectivity index (χ2v) is 8.57. The Kier molecular flexibility index (Phi) is 4.44. The third kappa shape index (κ3) is 3.12. The van der Waals surface area contributed by atoms with Crippen LogP contribution in [0.25, 0.3) is 0 Å². The molecule has 5 rings (SSSR count). The predicted octanol–water partition coefficient (Wildman–Crippen LogP) is 0.678. The van der Waals surface area contributed by atoms with E-state index in [2.05, 4.69) is 22.0 Å². The summed E-state index contributed by atoms with van der Waals surface area (Å²) in [5.41, 5.74) is 2.73. The maximum absolute atomic E-state index is 12.9. The molecule has 148 valence electrons. The summed E-state index contributed by atoms with van der Waals surface area (Å²) in [4.78, 5) is 38.0. The number of rotatable bonds is 5. The van der Waals surface area contributed by atoms with Gasteiger partial charge in [0.1, 0.15) is 6.04 Å². The van der Waals surface area contributed by atoms with Crippen LogP contribution in [0.5, 0.6) is 0 Å². The fourth-order valence-electron chi connectivity index (χ4n) is 5.28. The molecule has 0 aromatic heterocycles. The van der Waals surface area contributed by atoms with E-state index in [1.54, 1.807) is 4.90 Å². The van der Waals surface area contributed by atoms with Crippen LogP contribution in [-0.4, -0.2) is 47.3 Å². The molecule has 0 saturated carbocycles. The Labute approximate surface area is 164 Å². The molecule has 0 radical (unpaired) electrons. The molecule has 2 bridgehead atoms. The van der Waals surface area contributed by atoms with E-state index < -0.39 is 6.04 Å². The molecule has 4 aliphatic heterocycles. The third-order valence-corrected chi connectivity index (χ3v) is 6.76. The molecule has 3 saturated heterocycles. The lowest BCUT2D eigenvalue weighted by Gasteiger charge is -2.29.